The molecule has 1 heterocycles. The van der Waals surface area contributed by atoms with E-state index >= 15 is 0 Å². The van der Waals surface area contributed by atoms with Crippen molar-refractivity contribution in [1.29, 1.82) is 0 Å². The molecule has 84 valence electrons. The first-order valence-electron chi connectivity index (χ1n) is 5.93. The molecule has 2 rings (SSSR count). The lowest BCUT2D eigenvalue weighted by molar-refractivity contribution is -0.128. The SMILES string of the molecule is CN1CCC(NCCC2=CCCC2)C1=O. The van der Waals surface area contributed by atoms with E-state index in [1.807, 2.05) is 11.9 Å². The number of hydrogen-bond acceptors (Lipinski definition) is 2. The van der Waals surface area contributed by atoms with Crippen LogP contribution in [0.2, 0.25) is 0 Å². The largest absolute Gasteiger partial charge is 0.344 e. The minimum Gasteiger partial charge on any atom is -0.344 e. The summed E-state index contributed by atoms with van der Waals surface area (Å²) in [6, 6.07) is 0.0806. The van der Waals surface area contributed by atoms with E-state index in [0.29, 0.717) is 0 Å². The summed E-state index contributed by atoms with van der Waals surface area (Å²) in [6.07, 6.45) is 8.27. The number of likely N-dealkylation sites (N-methyl/N-ethyl adjacent to an activating group) is 1. The van der Waals surface area contributed by atoms with Crippen LogP contribution in [0.5, 0.6) is 0 Å². The molecule has 1 aliphatic carbocycles. The second-order valence-electron chi connectivity index (χ2n) is 4.56. The third kappa shape index (κ3) is 2.59. The van der Waals surface area contributed by atoms with Crippen molar-refractivity contribution in [3.8, 4) is 0 Å². The third-order valence-corrected chi connectivity index (χ3v) is 3.40. The standard InChI is InChI=1S/C12H20N2O/c1-14-9-7-11(12(14)15)13-8-6-10-4-2-3-5-10/h4,11,13H,2-3,5-9H2,1H3. The molecule has 2 aliphatic rings. The minimum atomic E-state index is 0.0806. The summed E-state index contributed by atoms with van der Waals surface area (Å²) in [4.78, 5) is 13.4. The summed E-state index contributed by atoms with van der Waals surface area (Å²) in [6.45, 7) is 1.86. The van der Waals surface area contributed by atoms with Gasteiger partial charge in [-0.1, -0.05) is 11.6 Å². The average molecular weight is 208 g/mol. The second-order valence-corrected chi connectivity index (χ2v) is 4.56. The number of allylic oxidation sites excluding steroid dienone is 1. The Morgan fingerprint density at radius 1 is 1.60 bits per heavy atom. The third-order valence-electron chi connectivity index (χ3n) is 3.40. The fraction of sp³-hybridized carbons (Fsp3) is 0.750. The summed E-state index contributed by atoms with van der Waals surface area (Å²) >= 11 is 0. The highest BCUT2D eigenvalue weighted by Crippen LogP contribution is 2.20. The Bertz CT molecular complexity index is 273. The van der Waals surface area contributed by atoms with Crippen LogP contribution in [-0.4, -0.2) is 37.0 Å². The molecule has 0 aromatic heterocycles. The van der Waals surface area contributed by atoms with Crippen molar-refractivity contribution in [1.82, 2.24) is 10.2 Å². The Morgan fingerprint density at radius 3 is 3.07 bits per heavy atom. The van der Waals surface area contributed by atoms with E-state index in [-0.39, 0.29) is 11.9 Å². The van der Waals surface area contributed by atoms with Crippen LogP contribution in [-0.2, 0) is 4.79 Å². The zero-order valence-electron chi connectivity index (χ0n) is 9.46. The van der Waals surface area contributed by atoms with Crippen molar-refractivity contribution in [2.45, 2.75) is 38.1 Å². The summed E-state index contributed by atoms with van der Waals surface area (Å²) in [5.41, 5.74) is 1.57. The highest BCUT2D eigenvalue weighted by atomic mass is 16.2. The summed E-state index contributed by atoms with van der Waals surface area (Å²) in [5, 5.41) is 3.36. The maximum absolute atomic E-state index is 11.6. The Balaban J connectivity index is 1.67. The smallest absolute Gasteiger partial charge is 0.239 e. The molecular weight excluding hydrogens is 188 g/mol. The van der Waals surface area contributed by atoms with Gasteiger partial charge >= 0.3 is 0 Å². The summed E-state index contributed by atoms with van der Waals surface area (Å²) in [7, 11) is 1.88. The molecule has 1 saturated heterocycles. The number of rotatable bonds is 4. The van der Waals surface area contributed by atoms with Crippen molar-refractivity contribution >= 4 is 5.91 Å². The summed E-state index contributed by atoms with van der Waals surface area (Å²) < 4.78 is 0. The molecule has 1 amide bonds. The molecule has 0 saturated carbocycles. The van der Waals surface area contributed by atoms with Crippen molar-refractivity contribution < 1.29 is 4.79 Å². The summed E-state index contributed by atoms with van der Waals surface area (Å²) in [5.74, 6) is 0.260. The second kappa shape index (κ2) is 4.79. The van der Waals surface area contributed by atoms with Gasteiger partial charge in [0.1, 0.15) is 0 Å². The van der Waals surface area contributed by atoms with Crippen LogP contribution in [0, 0.1) is 0 Å². The number of nitrogens with one attached hydrogen (secondary N) is 1. The molecule has 1 aliphatic heterocycles. The lowest BCUT2D eigenvalue weighted by Crippen LogP contribution is -2.37. The number of carbonyl (C=O) groups excluding carboxylic acids is 1. The lowest BCUT2D eigenvalue weighted by atomic mass is 10.1. The monoisotopic (exact) mass is 208 g/mol. The predicted octanol–water partition coefficient (Wildman–Crippen LogP) is 1.31. The first-order valence-corrected chi connectivity index (χ1v) is 5.93. The quantitative estimate of drug-likeness (QED) is 0.706. The maximum atomic E-state index is 11.6. The van der Waals surface area contributed by atoms with Gasteiger partial charge in [-0.25, -0.2) is 0 Å². The van der Waals surface area contributed by atoms with Crippen molar-refractivity contribution in [2.24, 2.45) is 0 Å². The van der Waals surface area contributed by atoms with E-state index in [1.54, 1.807) is 5.57 Å². The Labute approximate surface area is 91.5 Å². The lowest BCUT2D eigenvalue weighted by Gasteiger charge is -2.12. The van der Waals surface area contributed by atoms with Crippen LogP contribution in [0.1, 0.15) is 32.1 Å². The first-order chi connectivity index (χ1) is 7.27. The molecule has 0 aromatic rings. The van der Waals surface area contributed by atoms with Gasteiger partial charge in [0, 0.05) is 13.6 Å². The first kappa shape index (κ1) is 10.7. The van der Waals surface area contributed by atoms with Crippen LogP contribution in [0.4, 0.5) is 0 Å². The van der Waals surface area contributed by atoms with Crippen LogP contribution >= 0.6 is 0 Å². The van der Waals surface area contributed by atoms with E-state index < -0.39 is 0 Å². The van der Waals surface area contributed by atoms with E-state index in [4.69, 9.17) is 0 Å². The number of likely N-dealkylation sites (tertiary alicyclic amines) is 1. The highest BCUT2D eigenvalue weighted by Gasteiger charge is 2.27. The Hall–Kier alpha value is -0.830. The molecule has 1 N–H and O–H groups in total. The number of nitrogens with zero attached hydrogens (tertiary/aromatic N) is 1. The van der Waals surface area contributed by atoms with Gasteiger partial charge in [0.2, 0.25) is 5.91 Å². The maximum Gasteiger partial charge on any atom is 0.239 e. The van der Waals surface area contributed by atoms with Gasteiger partial charge in [-0.05, 0) is 38.6 Å². The molecule has 3 nitrogen and oxygen atoms in total. The van der Waals surface area contributed by atoms with E-state index in [2.05, 4.69) is 11.4 Å². The Kier molecular flexibility index (Phi) is 3.41. The van der Waals surface area contributed by atoms with E-state index in [1.165, 1.54) is 19.3 Å². The topological polar surface area (TPSA) is 32.3 Å². The molecule has 1 unspecified atom stereocenters. The zero-order valence-corrected chi connectivity index (χ0v) is 9.46. The average Bonchev–Trinajstić information content (AvgIpc) is 2.83. The van der Waals surface area contributed by atoms with Crippen molar-refractivity contribution in [2.75, 3.05) is 20.1 Å². The van der Waals surface area contributed by atoms with Gasteiger partial charge in [-0.15, -0.1) is 0 Å². The van der Waals surface area contributed by atoms with Gasteiger partial charge in [0.15, 0.2) is 0 Å². The normalized spacial score (nSPS) is 26.2. The van der Waals surface area contributed by atoms with Crippen LogP contribution in [0.15, 0.2) is 11.6 Å². The molecule has 0 aromatic carbocycles. The van der Waals surface area contributed by atoms with Crippen molar-refractivity contribution in [3.63, 3.8) is 0 Å². The van der Waals surface area contributed by atoms with E-state index in [0.717, 1.165) is 25.9 Å². The van der Waals surface area contributed by atoms with E-state index in [9.17, 15) is 4.79 Å². The molecule has 15 heavy (non-hydrogen) atoms. The fourth-order valence-electron chi connectivity index (χ4n) is 2.38. The molecule has 0 bridgehead atoms. The number of carbonyl (C=O) groups is 1. The molecule has 0 radical (unpaired) electrons. The van der Waals surface area contributed by atoms with Gasteiger partial charge < -0.3 is 10.2 Å². The van der Waals surface area contributed by atoms with Gasteiger partial charge in [-0.2, -0.15) is 0 Å². The molecular formula is C12H20N2O. The highest BCUT2D eigenvalue weighted by molar-refractivity contribution is 5.83. The van der Waals surface area contributed by atoms with Crippen LogP contribution in [0.25, 0.3) is 0 Å². The van der Waals surface area contributed by atoms with Gasteiger partial charge in [0.05, 0.1) is 6.04 Å². The van der Waals surface area contributed by atoms with Gasteiger partial charge in [-0.3, -0.25) is 4.79 Å². The van der Waals surface area contributed by atoms with Crippen molar-refractivity contribution in [3.05, 3.63) is 11.6 Å². The van der Waals surface area contributed by atoms with Crippen LogP contribution < -0.4 is 5.32 Å². The molecule has 1 fully saturated rings. The van der Waals surface area contributed by atoms with Crippen LogP contribution in [0.3, 0.4) is 0 Å². The predicted molar refractivity (Wildman–Crippen MR) is 60.6 cm³/mol. The Morgan fingerprint density at radius 2 is 2.47 bits per heavy atom. The van der Waals surface area contributed by atoms with Gasteiger partial charge in [0.25, 0.3) is 0 Å². The molecule has 1 atom stereocenters. The fourth-order valence-corrected chi connectivity index (χ4v) is 2.38. The zero-order chi connectivity index (χ0) is 10.7. The molecule has 0 spiro atoms. The minimum absolute atomic E-state index is 0.0806. The molecule has 3 heteroatoms. The number of hydrogen-bond donors (Lipinski definition) is 1. The number of amides is 1.